The van der Waals surface area contributed by atoms with E-state index in [-0.39, 0.29) is 0 Å². The van der Waals surface area contributed by atoms with Crippen molar-refractivity contribution in [1.82, 2.24) is 9.38 Å². The van der Waals surface area contributed by atoms with Crippen LogP contribution in [0, 0.1) is 0 Å². The van der Waals surface area contributed by atoms with E-state index >= 15 is 0 Å². The number of imidazole rings is 1. The maximum atomic E-state index is 4.50. The normalized spacial score (nSPS) is 11.3. The Morgan fingerprint density at radius 2 is 2.00 bits per heavy atom. The number of benzene rings is 1. The van der Waals surface area contributed by atoms with Crippen molar-refractivity contribution in [3.63, 3.8) is 0 Å². The first-order valence-corrected chi connectivity index (χ1v) is 5.74. The summed E-state index contributed by atoms with van der Waals surface area (Å²) in [5.41, 5.74) is 2.43. The molecule has 0 N–H and O–H groups in total. The van der Waals surface area contributed by atoms with Crippen molar-refractivity contribution >= 4 is 16.4 Å². The van der Waals surface area contributed by atoms with E-state index in [9.17, 15) is 0 Å². The van der Waals surface area contributed by atoms with Gasteiger partial charge in [-0.15, -0.1) is 0 Å². The number of para-hydroxylation sites is 1. The maximum absolute atomic E-state index is 4.50. The van der Waals surface area contributed by atoms with Gasteiger partial charge in [-0.05, 0) is 23.9 Å². The van der Waals surface area contributed by atoms with Crippen LogP contribution in [0.2, 0.25) is 0 Å². The smallest absolute Gasteiger partial charge is 0.113 e. The van der Waals surface area contributed by atoms with E-state index in [1.54, 1.807) is 0 Å². The van der Waals surface area contributed by atoms with E-state index in [2.05, 4.69) is 52.7 Å². The summed E-state index contributed by atoms with van der Waals surface area (Å²) >= 11 is 0. The van der Waals surface area contributed by atoms with E-state index in [1.807, 2.05) is 6.20 Å². The minimum atomic E-state index is 1.03. The molecule has 0 aliphatic rings. The number of aryl methyl sites for hydroxylation is 1. The number of hydrogen-bond donors (Lipinski definition) is 0. The van der Waals surface area contributed by atoms with Crippen LogP contribution >= 0.6 is 0 Å². The van der Waals surface area contributed by atoms with Gasteiger partial charge in [-0.3, -0.25) is 4.40 Å². The standard InChI is InChI=1S/C14H14N2/c1-2-5-14-15-10-12-9-8-11-6-3-4-7-13(11)16(12)14/h3-4,6-10H,2,5H2,1H3. The maximum Gasteiger partial charge on any atom is 0.113 e. The van der Waals surface area contributed by atoms with E-state index in [1.165, 1.54) is 16.4 Å². The first kappa shape index (κ1) is 9.40. The lowest BCUT2D eigenvalue weighted by atomic mass is 10.2. The van der Waals surface area contributed by atoms with Crippen molar-refractivity contribution in [3.8, 4) is 0 Å². The van der Waals surface area contributed by atoms with Crippen LogP contribution in [-0.4, -0.2) is 9.38 Å². The molecule has 2 heteroatoms. The van der Waals surface area contributed by atoms with E-state index in [0.717, 1.165) is 18.7 Å². The number of fused-ring (bicyclic) bond motifs is 3. The molecule has 80 valence electrons. The van der Waals surface area contributed by atoms with Gasteiger partial charge in [0.05, 0.1) is 17.2 Å². The summed E-state index contributed by atoms with van der Waals surface area (Å²) in [5.74, 6) is 1.16. The molecule has 3 aromatic rings. The van der Waals surface area contributed by atoms with Gasteiger partial charge < -0.3 is 0 Å². The zero-order valence-electron chi connectivity index (χ0n) is 9.35. The zero-order valence-corrected chi connectivity index (χ0v) is 9.35. The average Bonchev–Trinajstić information content (AvgIpc) is 2.73. The van der Waals surface area contributed by atoms with Crippen molar-refractivity contribution in [2.45, 2.75) is 19.8 Å². The molecule has 0 bridgehead atoms. The minimum Gasteiger partial charge on any atom is -0.296 e. The molecule has 0 amide bonds. The van der Waals surface area contributed by atoms with Gasteiger partial charge in [0.1, 0.15) is 5.82 Å². The van der Waals surface area contributed by atoms with Crippen LogP contribution in [0.5, 0.6) is 0 Å². The first-order valence-electron chi connectivity index (χ1n) is 5.74. The third-order valence-electron chi connectivity index (χ3n) is 2.95. The van der Waals surface area contributed by atoms with Crippen molar-refractivity contribution in [2.75, 3.05) is 0 Å². The van der Waals surface area contributed by atoms with Gasteiger partial charge in [-0.25, -0.2) is 4.98 Å². The quantitative estimate of drug-likeness (QED) is 0.633. The van der Waals surface area contributed by atoms with Crippen LogP contribution in [0.1, 0.15) is 19.2 Å². The van der Waals surface area contributed by atoms with Crippen molar-refractivity contribution in [2.24, 2.45) is 0 Å². The Labute approximate surface area is 94.5 Å². The lowest BCUT2D eigenvalue weighted by molar-refractivity contribution is 0.840. The van der Waals surface area contributed by atoms with Crippen molar-refractivity contribution in [1.29, 1.82) is 0 Å². The Hall–Kier alpha value is -1.83. The van der Waals surface area contributed by atoms with Gasteiger partial charge in [0.15, 0.2) is 0 Å². The summed E-state index contributed by atoms with van der Waals surface area (Å²) < 4.78 is 2.26. The van der Waals surface area contributed by atoms with E-state index in [4.69, 9.17) is 0 Å². The summed E-state index contributed by atoms with van der Waals surface area (Å²) in [7, 11) is 0. The molecular weight excluding hydrogens is 196 g/mol. The molecule has 0 aliphatic carbocycles. The molecule has 0 spiro atoms. The third-order valence-corrected chi connectivity index (χ3v) is 2.95. The molecule has 0 radical (unpaired) electrons. The fourth-order valence-corrected chi connectivity index (χ4v) is 2.21. The van der Waals surface area contributed by atoms with Gasteiger partial charge in [0.2, 0.25) is 0 Å². The lowest BCUT2D eigenvalue weighted by Gasteiger charge is -2.05. The van der Waals surface area contributed by atoms with Gasteiger partial charge >= 0.3 is 0 Å². The van der Waals surface area contributed by atoms with Gasteiger partial charge in [-0.1, -0.05) is 31.2 Å². The van der Waals surface area contributed by atoms with Crippen LogP contribution in [0.15, 0.2) is 42.6 Å². The fraction of sp³-hybridized carbons (Fsp3) is 0.214. The van der Waals surface area contributed by atoms with Crippen LogP contribution in [0.25, 0.3) is 16.4 Å². The van der Waals surface area contributed by atoms with E-state index < -0.39 is 0 Å². The highest BCUT2D eigenvalue weighted by atomic mass is 15.0. The Morgan fingerprint density at radius 1 is 1.12 bits per heavy atom. The monoisotopic (exact) mass is 210 g/mol. The summed E-state index contributed by atoms with van der Waals surface area (Å²) in [6.07, 6.45) is 4.11. The number of pyridine rings is 1. The number of aromatic nitrogens is 2. The first-order chi connectivity index (χ1) is 7.90. The molecule has 3 rings (SSSR count). The number of nitrogens with zero attached hydrogens (tertiary/aromatic N) is 2. The van der Waals surface area contributed by atoms with Gasteiger partial charge in [-0.2, -0.15) is 0 Å². The van der Waals surface area contributed by atoms with Crippen LogP contribution in [0.3, 0.4) is 0 Å². The highest BCUT2D eigenvalue weighted by molar-refractivity contribution is 5.82. The number of rotatable bonds is 2. The molecule has 0 atom stereocenters. The fourth-order valence-electron chi connectivity index (χ4n) is 2.21. The molecule has 1 aromatic carbocycles. The van der Waals surface area contributed by atoms with Crippen molar-refractivity contribution < 1.29 is 0 Å². The largest absolute Gasteiger partial charge is 0.296 e. The van der Waals surface area contributed by atoms with Crippen LogP contribution in [-0.2, 0) is 6.42 Å². The second kappa shape index (κ2) is 3.63. The summed E-state index contributed by atoms with van der Waals surface area (Å²) in [6.45, 7) is 2.19. The second-order valence-electron chi connectivity index (χ2n) is 4.08. The van der Waals surface area contributed by atoms with Gasteiger partial charge in [0, 0.05) is 6.42 Å². The SMILES string of the molecule is CCCc1ncc2ccc3ccccc3n12. The predicted octanol–water partition coefficient (Wildman–Crippen LogP) is 3.44. The van der Waals surface area contributed by atoms with E-state index in [0.29, 0.717) is 0 Å². The Kier molecular flexibility index (Phi) is 2.13. The third kappa shape index (κ3) is 1.30. The molecular formula is C14H14N2. The van der Waals surface area contributed by atoms with Crippen molar-refractivity contribution in [3.05, 3.63) is 48.4 Å². The summed E-state index contributed by atoms with van der Waals surface area (Å²) in [5, 5.41) is 1.27. The predicted molar refractivity (Wildman–Crippen MR) is 66.7 cm³/mol. The van der Waals surface area contributed by atoms with Crippen LogP contribution < -0.4 is 0 Å². The Morgan fingerprint density at radius 3 is 2.88 bits per heavy atom. The molecule has 2 heterocycles. The molecule has 16 heavy (non-hydrogen) atoms. The average molecular weight is 210 g/mol. The molecule has 2 nitrogen and oxygen atoms in total. The highest BCUT2D eigenvalue weighted by Crippen LogP contribution is 2.19. The number of hydrogen-bond acceptors (Lipinski definition) is 1. The minimum absolute atomic E-state index is 1.03. The summed E-state index contributed by atoms with van der Waals surface area (Å²) in [6, 6.07) is 12.7. The summed E-state index contributed by atoms with van der Waals surface area (Å²) in [4.78, 5) is 4.50. The molecule has 0 aliphatic heterocycles. The molecule has 0 fully saturated rings. The lowest BCUT2D eigenvalue weighted by Crippen LogP contribution is -1.95. The molecule has 0 saturated heterocycles. The van der Waals surface area contributed by atoms with Crippen LogP contribution in [0.4, 0.5) is 0 Å². The Bertz CT molecular complexity index is 637. The topological polar surface area (TPSA) is 17.3 Å². The Balaban J connectivity index is 2.42. The zero-order chi connectivity index (χ0) is 11.0. The molecule has 2 aromatic heterocycles. The second-order valence-corrected chi connectivity index (χ2v) is 4.08. The molecule has 0 unspecified atom stereocenters. The molecule has 0 saturated carbocycles. The van der Waals surface area contributed by atoms with Gasteiger partial charge in [0.25, 0.3) is 0 Å². The highest BCUT2D eigenvalue weighted by Gasteiger charge is 2.05.